The van der Waals surface area contributed by atoms with Gasteiger partial charge in [-0.25, -0.2) is 8.42 Å². The van der Waals surface area contributed by atoms with Crippen molar-refractivity contribution >= 4 is 15.9 Å². The molecule has 6 nitrogen and oxygen atoms in total. The summed E-state index contributed by atoms with van der Waals surface area (Å²) in [4.78, 5) is 0. The van der Waals surface area contributed by atoms with Gasteiger partial charge in [0.25, 0.3) is 10.0 Å². The van der Waals surface area contributed by atoms with Gasteiger partial charge in [-0.1, -0.05) is 25.6 Å². The quantitative estimate of drug-likeness (QED) is 0.784. The smallest absolute Gasteiger partial charge is 0.259 e. The SMILES string of the molecule is C=C(NCCC)C1(COc2cccc3c2C(N)=NS(=O)(=O)C3)CC1. The molecule has 1 aromatic carbocycles. The predicted molar refractivity (Wildman–Crippen MR) is 94.4 cm³/mol. The summed E-state index contributed by atoms with van der Waals surface area (Å²) >= 11 is 0. The van der Waals surface area contributed by atoms with Crippen molar-refractivity contribution in [3.63, 3.8) is 0 Å². The average Bonchev–Trinajstić information content (AvgIpc) is 3.30. The summed E-state index contributed by atoms with van der Waals surface area (Å²) in [5, 5.41) is 3.35. The molecule has 1 aromatic rings. The maximum Gasteiger partial charge on any atom is 0.259 e. The van der Waals surface area contributed by atoms with E-state index in [1.807, 2.05) is 0 Å². The number of ether oxygens (including phenoxy) is 1. The summed E-state index contributed by atoms with van der Waals surface area (Å²) < 4.78 is 33.1. The van der Waals surface area contributed by atoms with Crippen LogP contribution in [0.25, 0.3) is 0 Å². The number of nitrogens with zero attached hydrogens (tertiary/aromatic N) is 1. The minimum absolute atomic E-state index is 0.000341. The van der Waals surface area contributed by atoms with Crippen molar-refractivity contribution in [2.75, 3.05) is 13.2 Å². The van der Waals surface area contributed by atoms with E-state index in [4.69, 9.17) is 10.5 Å². The molecule has 3 rings (SSSR count). The Hall–Kier alpha value is -2.02. The van der Waals surface area contributed by atoms with Gasteiger partial charge in [-0.2, -0.15) is 0 Å². The Morgan fingerprint density at radius 2 is 2.21 bits per heavy atom. The molecule has 0 amide bonds. The highest BCUT2D eigenvalue weighted by Gasteiger charge is 2.46. The van der Waals surface area contributed by atoms with E-state index in [1.54, 1.807) is 18.2 Å². The Balaban J connectivity index is 1.77. The van der Waals surface area contributed by atoms with Gasteiger partial charge in [-0.05, 0) is 30.9 Å². The highest BCUT2D eigenvalue weighted by atomic mass is 32.2. The molecule has 130 valence electrons. The first-order valence-corrected chi connectivity index (χ1v) is 9.74. The van der Waals surface area contributed by atoms with Crippen molar-refractivity contribution in [3.8, 4) is 5.75 Å². The molecule has 1 aliphatic heterocycles. The molecule has 24 heavy (non-hydrogen) atoms. The molecular weight excluding hydrogens is 326 g/mol. The van der Waals surface area contributed by atoms with Crippen LogP contribution in [0, 0.1) is 5.41 Å². The Labute approximate surface area is 142 Å². The van der Waals surface area contributed by atoms with Crippen molar-refractivity contribution in [1.82, 2.24) is 5.32 Å². The second-order valence-electron chi connectivity index (χ2n) is 6.47. The maximum atomic E-state index is 11.7. The first-order chi connectivity index (χ1) is 11.4. The molecule has 7 heteroatoms. The number of fused-ring (bicyclic) bond motifs is 1. The first-order valence-electron chi connectivity index (χ1n) is 8.13. The van der Waals surface area contributed by atoms with E-state index in [9.17, 15) is 8.42 Å². The van der Waals surface area contributed by atoms with Gasteiger partial charge in [0.05, 0.1) is 17.9 Å². The van der Waals surface area contributed by atoms with Gasteiger partial charge >= 0.3 is 0 Å². The Bertz CT molecular complexity index is 795. The minimum atomic E-state index is -3.53. The Morgan fingerprint density at radius 3 is 2.88 bits per heavy atom. The van der Waals surface area contributed by atoms with Crippen molar-refractivity contribution < 1.29 is 13.2 Å². The van der Waals surface area contributed by atoms with Gasteiger partial charge < -0.3 is 15.8 Å². The molecule has 0 saturated heterocycles. The summed E-state index contributed by atoms with van der Waals surface area (Å²) in [6.45, 7) is 7.66. The third-order valence-corrected chi connectivity index (χ3v) is 5.68. The Morgan fingerprint density at radius 1 is 1.46 bits per heavy atom. The van der Waals surface area contributed by atoms with E-state index in [0.717, 1.165) is 31.5 Å². The van der Waals surface area contributed by atoms with Crippen molar-refractivity contribution in [2.45, 2.75) is 31.9 Å². The summed E-state index contributed by atoms with van der Waals surface area (Å²) in [7, 11) is -3.53. The van der Waals surface area contributed by atoms with Gasteiger partial charge in [-0.3, -0.25) is 0 Å². The van der Waals surface area contributed by atoms with Crippen LogP contribution in [-0.4, -0.2) is 27.4 Å². The Kier molecular flexibility index (Phi) is 4.29. The van der Waals surface area contributed by atoms with Gasteiger partial charge in [0.2, 0.25) is 0 Å². The lowest BCUT2D eigenvalue weighted by atomic mass is 10.0. The topological polar surface area (TPSA) is 93.8 Å². The van der Waals surface area contributed by atoms with Gasteiger partial charge in [0.15, 0.2) is 0 Å². The average molecular weight is 349 g/mol. The molecule has 1 saturated carbocycles. The molecule has 0 atom stereocenters. The number of nitrogens with two attached hydrogens (primary N) is 1. The number of nitrogens with one attached hydrogen (secondary N) is 1. The molecule has 0 aromatic heterocycles. The maximum absolute atomic E-state index is 11.7. The molecule has 1 aliphatic carbocycles. The van der Waals surface area contributed by atoms with Gasteiger partial charge in [0, 0.05) is 17.7 Å². The van der Waals surface area contributed by atoms with Crippen LogP contribution >= 0.6 is 0 Å². The van der Waals surface area contributed by atoms with Crippen LogP contribution in [0.3, 0.4) is 0 Å². The van der Waals surface area contributed by atoms with Crippen LogP contribution in [0.2, 0.25) is 0 Å². The molecule has 3 N–H and O–H groups in total. The van der Waals surface area contributed by atoms with Crippen LogP contribution in [0.4, 0.5) is 0 Å². The zero-order chi connectivity index (χ0) is 17.4. The van der Waals surface area contributed by atoms with E-state index in [0.29, 0.717) is 23.5 Å². The lowest BCUT2D eigenvalue weighted by Gasteiger charge is -2.23. The fraction of sp³-hybridized carbons (Fsp3) is 0.471. The van der Waals surface area contributed by atoms with E-state index >= 15 is 0 Å². The third kappa shape index (κ3) is 3.26. The highest BCUT2D eigenvalue weighted by Crippen LogP contribution is 2.50. The number of benzene rings is 1. The summed E-state index contributed by atoms with van der Waals surface area (Å²) in [5.74, 6) is 0.439. The van der Waals surface area contributed by atoms with Crippen LogP contribution in [0.5, 0.6) is 5.75 Å². The second-order valence-corrected chi connectivity index (χ2v) is 8.10. The lowest BCUT2D eigenvalue weighted by Crippen LogP contribution is -2.28. The zero-order valence-corrected chi connectivity index (χ0v) is 14.7. The monoisotopic (exact) mass is 349 g/mol. The van der Waals surface area contributed by atoms with E-state index in [1.165, 1.54) is 0 Å². The number of hydrogen-bond acceptors (Lipinski definition) is 5. The van der Waals surface area contributed by atoms with Gasteiger partial charge in [-0.15, -0.1) is 4.40 Å². The largest absolute Gasteiger partial charge is 0.492 e. The number of amidine groups is 1. The van der Waals surface area contributed by atoms with Crippen LogP contribution < -0.4 is 15.8 Å². The molecule has 0 radical (unpaired) electrons. The molecular formula is C17H23N3O3S. The van der Waals surface area contributed by atoms with Crippen molar-refractivity contribution in [3.05, 3.63) is 41.6 Å². The number of sulfonamides is 1. The summed E-state index contributed by atoms with van der Waals surface area (Å²) in [5.41, 5.74) is 8.06. The molecule has 1 fully saturated rings. The molecule has 1 heterocycles. The molecule has 0 bridgehead atoms. The fourth-order valence-electron chi connectivity index (χ4n) is 2.90. The lowest BCUT2D eigenvalue weighted by molar-refractivity contribution is 0.251. The summed E-state index contributed by atoms with van der Waals surface area (Å²) in [6, 6.07) is 5.33. The van der Waals surface area contributed by atoms with E-state index in [2.05, 4.69) is 23.2 Å². The number of hydrogen-bond donors (Lipinski definition) is 2. The van der Waals surface area contributed by atoms with E-state index in [-0.39, 0.29) is 17.0 Å². The highest BCUT2D eigenvalue weighted by molar-refractivity contribution is 7.89. The molecule has 0 unspecified atom stereocenters. The summed E-state index contributed by atoms with van der Waals surface area (Å²) in [6.07, 6.45) is 3.12. The van der Waals surface area contributed by atoms with Crippen LogP contribution in [0.1, 0.15) is 37.3 Å². The van der Waals surface area contributed by atoms with Crippen LogP contribution in [0.15, 0.2) is 34.9 Å². The third-order valence-electron chi connectivity index (χ3n) is 4.53. The van der Waals surface area contributed by atoms with Crippen molar-refractivity contribution in [2.24, 2.45) is 15.5 Å². The molecule has 0 spiro atoms. The van der Waals surface area contributed by atoms with Crippen LogP contribution in [-0.2, 0) is 15.8 Å². The molecule has 2 aliphatic rings. The number of rotatable bonds is 7. The fourth-order valence-corrected chi connectivity index (χ4v) is 3.98. The second kappa shape index (κ2) is 6.12. The first kappa shape index (κ1) is 16.8. The van der Waals surface area contributed by atoms with E-state index < -0.39 is 10.0 Å². The predicted octanol–water partition coefficient (Wildman–Crippen LogP) is 1.91. The zero-order valence-electron chi connectivity index (χ0n) is 13.8. The standard InChI is InChI=1S/C17H23N3O3S/c1-3-9-19-12(2)17(7-8-17)11-23-14-6-4-5-13-10-24(21,22)20-16(18)15(13)14/h4-6,19H,2-3,7-11H2,1H3,(H2,18,20). The normalized spacial score (nSPS) is 19.8. The van der Waals surface area contributed by atoms with Crippen molar-refractivity contribution in [1.29, 1.82) is 0 Å². The van der Waals surface area contributed by atoms with Gasteiger partial charge in [0.1, 0.15) is 11.6 Å². The minimum Gasteiger partial charge on any atom is -0.492 e.